The topological polar surface area (TPSA) is 75.3 Å². The van der Waals surface area contributed by atoms with E-state index in [-0.39, 0.29) is 19.0 Å². The molecule has 7 heteroatoms. The lowest BCUT2D eigenvalue weighted by Gasteiger charge is -2.07. The molecule has 0 saturated heterocycles. The molecule has 1 rings (SSSR count). The summed E-state index contributed by atoms with van der Waals surface area (Å²) in [5.74, 6) is -0.239. The fourth-order valence-corrected chi connectivity index (χ4v) is 2.46. The second-order valence-electron chi connectivity index (χ2n) is 3.91. The molecule has 0 aliphatic heterocycles. The molecule has 2 N–H and O–H groups in total. The van der Waals surface area contributed by atoms with Crippen molar-refractivity contribution in [2.45, 2.75) is 6.92 Å². The maximum atomic E-state index is 11.8. The number of sulfonamides is 1. The van der Waals surface area contributed by atoms with Gasteiger partial charge in [0.2, 0.25) is 10.0 Å². The molecule has 0 aromatic heterocycles. The first-order valence-corrected chi connectivity index (χ1v) is 7.97. The lowest BCUT2D eigenvalue weighted by Crippen LogP contribution is -2.34. The Hall–Kier alpha value is -0.920. The summed E-state index contributed by atoms with van der Waals surface area (Å²) in [6.45, 7) is 2.35. The number of nitrogens with one attached hydrogen (secondary N) is 2. The maximum absolute atomic E-state index is 11.8. The number of carbonyl (C=O) groups is 1. The van der Waals surface area contributed by atoms with E-state index in [4.69, 9.17) is 0 Å². The third kappa shape index (κ3) is 5.16. The van der Waals surface area contributed by atoms with Gasteiger partial charge in [-0.3, -0.25) is 4.79 Å². The molecule has 0 aliphatic rings. The second-order valence-corrected chi connectivity index (χ2v) is 6.59. The molecule has 100 valence electrons. The minimum absolute atomic E-state index is 0.175. The summed E-state index contributed by atoms with van der Waals surface area (Å²) in [6, 6.07) is 5.41. The zero-order chi connectivity index (χ0) is 13.8. The molecule has 0 saturated carbocycles. The van der Waals surface area contributed by atoms with Crippen molar-refractivity contribution in [3.63, 3.8) is 0 Å². The highest BCUT2D eigenvalue weighted by Gasteiger charge is 2.09. The average Bonchev–Trinajstić information content (AvgIpc) is 2.22. The number of halogens is 1. The van der Waals surface area contributed by atoms with Crippen LogP contribution in [0.5, 0.6) is 0 Å². The summed E-state index contributed by atoms with van der Waals surface area (Å²) in [5, 5.41) is 2.64. The molecule has 0 bridgehead atoms. The molecule has 18 heavy (non-hydrogen) atoms. The summed E-state index contributed by atoms with van der Waals surface area (Å²) in [6.07, 6.45) is 1.07. The Morgan fingerprint density at radius 3 is 2.56 bits per heavy atom. The van der Waals surface area contributed by atoms with Gasteiger partial charge in [0.15, 0.2) is 0 Å². The van der Waals surface area contributed by atoms with E-state index in [1.165, 1.54) is 0 Å². The average molecular weight is 335 g/mol. The van der Waals surface area contributed by atoms with Crippen LogP contribution in [0.2, 0.25) is 0 Å². The summed E-state index contributed by atoms with van der Waals surface area (Å²) in [5.41, 5.74) is 1.58. The van der Waals surface area contributed by atoms with Gasteiger partial charge in [0, 0.05) is 17.6 Å². The summed E-state index contributed by atoms with van der Waals surface area (Å²) < 4.78 is 24.6. The van der Waals surface area contributed by atoms with Gasteiger partial charge in [0.1, 0.15) is 0 Å². The van der Waals surface area contributed by atoms with Gasteiger partial charge in [-0.1, -0.05) is 6.07 Å². The van der Waals surface area contributed by atoms with Crippen LogP contribution in [-0.2, 0) is 10.0 Å². The van der Waals surface area contributed by atoms with E-state index >= 15 is 0 Å². The SMILES string of the molecule is Cc1ccc(C(=O)NCCNS(C)(=O)=O)c(Br)c1. The molecule has 1 aromatic carbocycles. The quantitative estimate of drug-likeness (QED) is 0.790. The van der Waals surface area contributed by atoms with Gasteiger partial charge < -0.3 is 5.32 Å². The van der Waals surface area contributed by atoms with Gasteiger partial charge in [-0.15, -0.1) is 0 Å². The predicted molar refractivity (Wildman–Crippen MR) is 74.1 cm³/mol. The molecule has 1 aromatic rings. The van der Waals surface area contributed by atoms with Crippen LogP contribution < -0.4 is 10.0 Å². The third-order valence-electron chi connectivity index (χ3n) is 2.14. The monoisotopic (exact) mass is 334 g/mol. The number of hydrogen-bond donors (Lipinski definition) is 2. The van der Waals surface area contributed by atoms with Crippen molar-refractivity contribution in [2.24, 2.45) is 0 Å². The van der Waals surface area contributed by atoms with Crippen LogP contribution in [0.15, 0.2) is 22.7 Å². The first-order chi connectivity index (χ1) is 8.29. The van der Waals surface area contributed by atoms with Crippen molar-refractivity contribution in [3.05, 3.63) is 33.8 Å². The van der Waals surface area contributed by atoms with Crippen molar-refractivity contribution in [3.8, 4) is 0 Å². The van der Waals surface area contributed by atoms with E-state index in [2.05, 4.69) is 26.0 Å². The summed E-state index contributed by atoms with van der Waals surface area (Å²) in [7, 11) is -3.21. The molecule has 0 atom stereocenters. The Morgan fingerprint density at radius 1 is 1.33 bits per heavy atom. The van der Waals surface area contributed by atoms with E-state index in [1.54, 1.807) is 6.07 Å². The zero-order valence-electron chi connectivity index (χ0n) is 10.2. The molecule has 0 radical (unpaired) electrons. The van der Waals surface area contributed by atoms with Gasteiger partial charge >= 0.3 is 0 Å². The number of amides is 1. The fraction of sp³-hybridized carbons (Fsp3) is 0.364. The molecular formula is C11H15BrN2O3S. The molecule has 0 unspecified atom stereocenters. The minimum atomic E-state index is -3.21. The third-order valence-corrected chi connectivity index (χ3v) is 3.53. The molecule has 0 heterocycles. The Bertz CT molecular complexity index is 543. The smallest absolute Gasteiger partial charge is 0.252 e. The van der Waals surface area contributed by atoms with Crippen LogP contribution in [0.3, 0.4) is 0 Å². The number of carbonyl (C=O) groups excluding carboxylic acids is 1. The second kappa shape index (κ2) is 6.31. The first-order valence-electron chi connectivity index (χ1n) is 5.28. The minimum Gasteiger partial charge on any atom is -0.351 e. The first kappa shape index (κ1) is 15.1. The summed E-state index contributed by atoms with van der Waals surface area (Å²) in [4.78, 5) is 11.8. The van der Waals surface area contributed by atoms with Crippen molar-refractivity contribution in [1.82, 2.24) is 10.0 Å². The summed E-state index contributed by atoms with van der Waals surface area (Å²) >= 11 is 3.32. The van der Waals surface area contributed by atoms with Crippen LogP contribution in [0, 0.1) is 6.92 Å². The zero-order valence-corrected chi connectivity index (χ0v) is 12.6. The highest BCUT2D eigenvalue weighted by Crippen LogP contribution is 2.17. The van der Waals surface area contributed by atoms with Crippen molar-refractivity contribution < 1.29 is 13.2 Å². The number of hydrogen-bond acceptors (Lipinski definition) is 3. The maximum Gasteiger partial charge on any atom is 0.252 e. The van der Waals surface area contributed by atoms with Crippen LogP contribution in [0.4, 0.5) is 0 Å². The number of aryl methyl sites for hydroxylation is 1. The lowest BCUT2D eigenvalue weighted by atomic mass is 10.1. The molecular weight excluding hydrogens is 320 g/mol. The lowest BCUT2D eigenvalue weighted by molar-refractivity contribution is 0.0953. The van der Waals surface area contributed by atoms with Gasteiger partial charge in [0.05, 0.1) is 11.8 Å². The van der Waals surface area contributed by atoms with Crippen LogP contribution in [-0.4, -0.2) is 33.7 Å². The molecule has 5 nitrogen and oxygen atoms in total. The Labute approximate surface area is 115 Å². The van der Waals surface area contributed by atoms with E-state index in [1.807, 2.05) is 19.1 Å². The van der Waals surface area contributed by atoms with E-state index in [0.29, 0.717) is 5.56 Å². The van der Waals surface area contributed by atoms with Crippen molar-refractivity contribution in [2.75, 3.05) is 19.3 Å². The standard InChI is InChI=1S/C11H15BrN2O3S/c1-8-3-4-9(10(12)7-8)11(15)13-5-6-14-18(2,16)17/h3-4,7,14H,5-6H2,1-2H3,(H,13,15). The number of benzene rings is 1. The highest BCUT2D eigenvalue weighted by molar-refractivity contribution is 9.10. The Morgan fingerprint density at radius 2 is 2.00 bits per heavy atom. The van der Waals surface area contributed by atoms with Crippen LogP contribution in [0.1, 0.15) is 15.9 Å². The van der Waals surface area contributed by atoms with Crippen LogP contribution in [0.25, 0.3) is 0 Å². The number of rotatable bonds is 5. The highest BCUT2D eigenvalue weighted by atomic mass is 79.9. The van der Waals surface area contributed by atoms with Gasteiger partial charge in [-0.25, -0.2) is 13.1 Å². The Kier molecular flexibility index (Phi) is 5.30. The van der Waals surface area contributed by atoms with Gasteiger partial charge in [-0.2, -0.15) is 0 Å². The fourth-order valence-electron chi connectivity index (χ4n) is 1.31. The largest absolute Gasteiger partial charge is 0.351 e. The molecule has 0 spiro atoms. The Balaban J connectivity index is 2.51. The molecule has 1 amide bonds. The normalized spacial score (nSPS) is 11.3. The van der Waals surface area contributed by atoms with E-state index in [0.717, 1.165) is 16.3 Å². The van der Waals surface area contributed by atoms with E-state index in [9.17, 15) is 13.2 Å². The molecule has 0 fully saturated rings. The van der Waals surface area contributed by atoms with Crippen LogP contribution >= 0.6 is 15.9 Å². The van der Waals surface area contributed by atoms with Gasteiger partial charge in [0.25, 0.3) is 5.91 Å². The molecule has 0 aliphatic carbocycles. The van der Waals surface area contributed by atoms with Crippen molar-refractivity contribution >= 4 is 31.9 Å². The van der Waals surface area contributed by atoms with Crippen molar-refractivity contribution in [1.29, 1.82) is 0 Å². The van der Waals surface area contributed by atoms with E-state index < -0.39 is 10.0 Å². The van der Waals surface area contributed by atoms with Gasteiger partial charge in [-0.05, 0) is 40.5 Å². The predicted octanol–water partition coefficient (Wildman–Crippen LogP) is 1.04.